The van der Waals surface area contributed by atoms with Gasteiger partial charge in [0.25, 0.3) is 0 Å². The summed E-state index contributed by atoms with van der Waals surface area (Å²) in [5.41, 5.74) is 6.73. The zero-order valence-corrected chi connectivity index (χ0v) is 10.4. The number of piperidine rings is 1. The van der Waals surface area contributed by atoms with Gasteiger partial charge in [-0.15, -0.1) is 0 Å². The van der Waals surface area contributed by atoms with Crippen molar-refractivity contribution >= 4 is 17.2 Å². The van der Waals surface area contributed by atoms with Crippen molar-refractivity contribution in [3.05, 3.63) is 12.3 Å². The Kier molecular flexibility index (Phi) is 6.54. The molecule has 2 nitrogen and oxygen atoms in total. The minimum absolute atomic E-state index is 0.454. The summed E-state index contributed by atoms with van der Waals surface area (Å²) >= 11 is 4.96. The van der Waals surface area contributed by atoms with Gasteiger partial charge in [0.05, 0.1) is 4.99 Å². The van der Waals surface area contributed by atoms with Gasteiger partial charge < -0.3 is 10.6 Å². The second kappa shape index (κ2) is 6.82. The van der Waals surface area contributed by atoms with Crippen molar-refractivity contribution in [2.24, 2.45) is 11.7 Å². The van der Waals surface area contributed by atoms with E-state index >= 15 is 0 Å². The molecule has 0 aliphatic carbocycles. The molecule has 0 unspecified atom stereocenters. The SMILES string of the molecule is C=C(C)N1CCC(C(N)=S)CC1.CC. The van der Waals surface area contributed by atoms with Crippen molar-refractivity contribution in [1.82, 2.24) is 4.90 Å². The quantitative estimate of drug-likeness (QED) is 0.716. The zero-order chi connectivity index (χ0) is 11.1. The molecule has 0 aromatic carbocycles. The highest BCUT2D eigenvalue weighted by Crippen LogP contribution is 2.19. The molecule has 0 radical (unpaired) electrons. The van der Waals surface area contributed by atoms with E-state index in [-0.39, 0.29) is 0 Å². The molecule has 0 atom stereocenters. The molecule has 2 N–H and O–H groups in total. The van der Waals surface area contributed by atoms with E-state index in [1.165, 1.54) is 0 Å². The highest BCUT2D eigenvalue weighted by atomic mass is 32.1. The van der Waals surface area contributed by atoms with Gasteiger partial charge in [-0.25, -0.2) is 0 Å². The Balaban J connectivity index is 0.000000791. The Hall–Kier alpha value is -0.570. The maximum atomic E-state index is 5.58. The molecule has 14 heavy (non-hydrogen) atoms. The first-order valence-electron chi connectivity index (χ1n) is 5.31. The maximum Gasteiger partial charge on any atom is 0.0760 e. The summed E-state index contributed by atoms with van der Waals surface area (Å²) < 4.78 is 0. The summed E-state index contributed by atoms with van der Waals surface area (Å²) in [6.45, 7) is 12.1. The lowest BCUT2D eigenvalue weighted by Crippen LogP contribution is -2.36. The van der Waals surface area contributed by atoms with Crippen molar-refractivity contribution in [3.63, 3.8) is 0 Å². The van der Waals surface area contributed by atoms with Crippen LogP contribution in [0.25, 0.3) is 0 Å². The van der Waals surface area contributed by atoms with E-state index in [1.807, 2.05) is 20.8 Å². The highest BCUT2D eigenvalue weighted by Gasteiger charge is 2.20. The molecule has 0 aromatic rings. The van der Waals surface area contributed by atoms with Crippen LogP contribution in [0.4, 0.5) is 0 Å². The van der Waals surface area contributed by atoms with Crippen molar-refractivity contribution in [2.75, 3.05) is 13.1 Å². The average molecular weight is 214 g/mol. The van der Waals surface area contributed by atoms with Gasteiger partial charge in [0.1, 0.15) is 0 Å². The molecule has 0 amide bonds. The molecule has 0 aromatic heterocycles. The molecule has 1 aliphatic rings. The maximum absolute atomic E-state index is 5.58. The van der Waals surface area contributed by atoms with E-state index < -0.39 is 0 Å². The normalized spacial score (nSPS) is 16.9. The topological polar surface area (TPSA) is 29.3 Å². The van der Waals surface area contributed by atoms with E-state index in [4.69, 9.17) is 18.0 Å². The summed E-state index contributed by atoms with van der Waals surface area (Å²) in [6.07, 6.45) is 2.17. The van der Waals surface area contributed by atoms with E-state index in [0.29, 0.717) is 10.9 Å². The van der Waals surface area contributed by atoms with Crippen LogP contribution in [0.15, 0.2) is 12.3 Å². The summed E-state index contributed by atoms with van der Waals surface area (Å²) in [6, 6.07) is 0. The van der Waals surface area contributed by atoms with Crippen LogP contribution in [0.2, 0.25) is 0 Å². The van der Waals surface area contributed by atoms with E-state index in [2.05, 4.69) is 11.5 Å². The molecular weight excluding hydrogens is 192 g/mol. The van der Waals surface area contributed by atoms with Crippen molar-refractivity contribution in [2.45, 2.75) is 33.6 Å². The third kappa shape index (κ3) is 4.09. The van der Waals surface area contributed by atoms with Gasteiger partial charge in [0.15, 0.2) is 0 Å². The highest BCUT2D eigenvalue weighted by molar-refractivity contribution is 7.80. The molecule has 0 spiro atoms. The minimum Gasteiger partial charge on any atom is -0.393 e. The largest absolute Gasteiger partial charge is 0.393 e. The number of thiocarbonyl (C=S) groups is 1. The standard InChI is InChI=1S/C9H16N2S.C2H6/c1-7(2)11-5-3-8(4-6-11)9(10)12;1-2/h8H,1,3-6H2,2H3,(H2,10,12);1-2H3. The number of rotatable bonds is 2. The lowest BCUT2D eigenvalue weighted by atomic mass is 9.97. The van der Waals surface area contributed by atoms with Gasteiger partial charge in [-0.1, -0.05) is 32.6 Å². The van der Waals surface area contributed by atoms with E-state index in [9.17, 15) is 0 Å². The lowest BCUT2D eigenvalue weighted by Gasteiger charge is -2.33. The predicted molar refractivity (Wildman–Crippen MR) is 67.2 cm³/mol. The van der Waals surface area contributed by atoms with Crippen LogP contribution in [-0.4, -0.2) is 23.0 Å². The fraction of sp³-hybridized carbons (Fsp3) is 0.727. The summed E-state index contributed by atoms with van der Waals surface area (Å²) in [5, 5.41) is 0. The van der Waals surface area contributed by atoms with E-state index in [0.717, 1.165) is 31.6 Å². The smallest absolute Gasteiger partial charge is 0.0760 e. The van der Waals surface area contributed by atoms with Gasteiger partial charge in [0.2, 0.25) is 0 Å². The second-order valence-electron chi connectivity index (χ2n) is 3.40. The van der Waals surface area contributed by atoms with Gasteiger partial charge >= 0.3 is 0 Å². The Morgan fingerprint density at radius 2 is 1.79 bits per heavy atom. The number of allylic oxidation sites excluding steroid dienone is 1. The second-order valence-corrected chi connectivity index (χ2v) is 3.87. The molecule has 0 bridgehead atoms. The Morgan fingerprint density at radius 3 is 2.07 bits per heavy atom. The first kappa shape index (κ1) is 13.4. The lowest BCUT2D eigenvalue weighted by molar-refractivity contribution is 0.262. The van der Waals surface area contributed by atoms with Crippen molar-refractivity contribution in [1.29, 1.82) is 0 Å². The van der Waals surface area contributed by atoms with Crippen LogP contribution in [0.1, 0.15) is 33.6 Å². The number of hydrogen-bond donors (Lipinski definition) is 1. The Bertz CT molecular complexity index is 171. The molecular formula is C11H22N2S. The van der Waals surface area contributed by atoms with Crippen LogP contribution < -0.4 is 5.73 Å². The fourth-order valence-electron chi connectivity index (χ4n) is 1.55. The fourth-order valence-corrected chi connectivity index (χ4v) is 1.78. The molecule has 1 heterocycles. The van der Waals surface area contributed by atoms with Gasteiger partial charge in [-0.05, 0) is 19.8 Å². The van der Waals surface area contributed by atoms with Crippen LogP contribution in [0.5, 0.6) is 0 Å². The summed E-state index contributed by atoms with van der Waals surface area (Å²) in [5.74, 6) is 0.454. The van der Waals surface area contributed by atoms with Crippen molar-refractivity contribution < 1.29 is 0 Å². The third-order valence-electron chi connectivity index (χ3n) is 2.44. The minimum atomic E-state index is 0.454. The van der Waals surface area contributed by atoms with Gasteiger partial charge in [-0.3, -0.25) is 0 Å². The average Bonchev–Trinajstić information content (AvgIpc) is 2.21. The van der Waals surface area contributed by atoms with Crippen LogP contribution in [0.3, 0.4) is 0 Å². The molecule has 1 rings (SSSR count). The molecule has 1 fully saturated rings. The number of hydrogen-bond acceptors (Lipinski definition) is 2. The number of nitrogens with zero attached hydrogens (tertiary/aromatic N) is 1. The number of likely N-dealkylation sites (tertiary alicyclic amines) is 1. The zero-order valence-electron chi connectivity index (χ0n) is 9.55. The molecule has 3 heteroatoms. The molecule has 0 saturated carbocycles. The van der Waals surface area contributed by atoms with Crippen LogP contribution in [0, 0.1) is 5.92 Å². The monoisotopic (exact) mass is 214 g/mol. The predicted octanol–water partition coefficient (Wildman–Crippen LogP) is 2.54. The molecule has 1 aliphatic heterocycles. The molecule has 82 valence electrons. The first-order chi connectivity index (χ1) is 6.61. The van der Waals surface area contributed by atoms with Gasteiger partial charge in [0, 0.05) is 24.7 Å². The Labute approximate surface area is 93.2 Å². The van der Waals surface area contributed by atoms with E-state index in [1.54, 1.807) is 0 Å². The first-order valence-corrected chi connectivity index (χ1v) is 5.72. The summed E-state index contributed by atoms with van der Waals surface area (Å²) in [4.78, 5) is 2.96. The van der Waals surface area contributed by atoms with Crippen molar-refractivity contribution in [3.8, 4) is 0 Å². The molecule has 1 saturated heterocycles. The third-order valence-corrected chi connectivity index (χ3v) is 2.77. The summed E-state index contributed by atoms with van der Waals surface area (Å²) in [7, 11) is 0. The van der Waals surface area contributed by atoms with Crippen LogP contribution >= 0.6 is 12.2 Å². The Morgan fingerprint density at radius 1 is 1.36 bits per heavy atom. The van der Waals surface area contributed by atoms with Gasteiger partial charge in [-0.2, -0.15) is 0 Å². The number of nitrogens with two attached hydrogens (primary N) is 1. The van der Waals surface area contributed by atoms with Crippen LogP contribution in [-0.2, 0) is 0 Å².